The molecule has 2 rings (SSSR count). The van der Waals surface area contributed by atoms with Crippen molar-refractivity contribution in [3.05, 3.63) is 46.7 Å². The van der Waals surface area contributed by atoms with Gasteiger partial charge in [-0.3, -0.25) is 4.68 Å². The van der Waals surface area contributed by atoms with Crippen LogP contribution in [0, 0.1) is 0 Å². The van der Waals surface area contributed by atoms with Gasteiger partial charge in [-0.05, 0) is 17.7 Å². The van der Waals surface area contributed by atoms with E-state index >= 15 is 0 Å². The Morgan fingerprint density at radius 2 is 2.06 bits per heavy atom. The summed E-state index contributed by atoms with van der Waals surface area (Å²) in [5.41, 5.74) is 1.60. The largest absolute Gasteiger partial charge is 0.388 e. The highest BCUT2D eigenvalue weighted by molar-refractivity contribution is 6.30. The van der Waals surface area contributed by atoms with Crippen LogP contribution >= 0.6 is 11.6 Å². The molecule has 16 heavy (non-hydrogen) atoms. The Hall–Kier alpha value is -1.39. The molecule has 0 aliphatic rings. The summed E-state index contributed by atoms with van der Waals surface area (Å²) in [6.07, 6.45) is 1.67. The van der Waals surface area contributed by atoms with Gasteiger partial charge in [-0.1, -0.05) is 28.9 Å². The van der Waals surface area contributed by atoms with Gasteiger partial charge in [0.1, 0.15) is 0 Å². The second kappa shape index (κ2) is 4.63. The smallest absolute Gasteiger partial charge is 0.0856 e. The number of aromatic nitrogens is 3. The van der Waals surface area contributed by atoms with E-state index in [0.717, 1.165) is 11.3 Å². The molecule has 1 N–H and O–H groups in total. The lowest BCUT2D eigenvalue weighted by atomic mass is 10.1. The first-order valence-electron chi connectivity index (χ1n) is 4.94. The van der Waals surface area contributed by atoms with Crippen molar-refractivity contribution in [1.82, 2.24) is 15.0 Å². The molecule has 0 radical (unpaired) electrons. The van der Waals surface area contributed by atoms with E-state index in [1.165, 1.54) is 0 Å². The minimum atomic E-state index is -0.575. The average Bonchev–Trinajstić information content (AvgIpc) is 2.65. The van der Waals surface area contributed by atoms with E-state index in [-0.39, 0.29) is 0 Å². The fraction of sp³-hybridized carbons (Fsp3) is 0.273. The van der Waals surface area contributed by atoms with Crippen molar-refractivity contribution in [2.24, 2.45) is 7.05 Å². The van der Waals surface area contributed by atoms with E-state index in [0.29, 0.717) is 11.4 Å². The maximum absolute atomic E-state index is 9.95. The van der Waals surface area contributed by atoms with Gasteiger partial charge in [0.25, 0.3) is 0 Å². The van der Waals surface area contributed by atoms with E-state index in [1.54, 1.807) is 30.1 Å². The number of benzene rings is 1. The van der Waals surface area contributed by atoms with E-state index < -0.39 is 6.10 Å². The van der Waals surface area contributed by atoms with Crippen molar-refractivity contribution >= 4 is 11.6 Å². The maximum Gasteiger partial charge on any atom is 0.0856 e. The summed E-state index contributed by atoms with van der Waals surface area (Å²) in [6, 6.07) is 7.14. The maximum atomic E-state index is 9.95. The highest BCUT2D eigenvalue weighted by Gasteiger charge is 2.10. The summed E-state index contributed by atoms with van der Waals surface area (Å²) in [6.45, 7) is 0. The number of aliphatic hydroxyl groups excluding tert-OH is 1. The molecule has 0 aliphatic carbocycles. The van der Waals surface area contributed by atoms with E-state index in [9.17, 15) is 5.11 Å². The third-order valence-corrected chi connectivity index (χ3v) is 2.56. The Balaban J connectivity index is 2.08. The van der Waals surface area contributed by atoms with Crippen molar-refractivity contribution in [2.45, 2.75) is 12.5 Å². The van der Waals surface area contributed by atoms with Gasteiger partial charge in [-0.25, -0.2) is 0 Å². The first kappa shape index (κ1) is 11.1. The van der Waals surface area contributed by atoms with Crippen molar-refractivity contribution < 1.29 is 5.11 Å². The minimum Gasteiger partial charge on any atom is -0.388 e. The van der Waals surface area contributed by atoms with Crippen LogP contribution in [0.15, 0.2) is 30.5 Å². The van der Waals surface area contributed by atoms with Crippen LogP contribution < -0.4 is 0 Å². The average molecular weight is 238 g/mol. The molecule has 1 atom stereocenters. The lowest BCUT2D eigenvalue weighted by molar-refractivity contribution is 0.177. The van der Waals surface area contributed by atoms with Crippen LogP contribution in [0.2, 0.25) is 5.02 Å². The molecule has 84 valence electrons. The van der Waals surface area contributed by atoms with E-state index in [2.05, 4.69) is 10.3 Å². The standard InChI is InChI=1S/C11H12ClN3O/c1-15-7-10(13-14-15)6-11(16)8-2-4-9(12)5-3-8/h2-5,7,11,16H,6H2,1H3. The van der Waals surface area contributed by atoms with Gasteiger partial charge in [0, 0.05) is 24.7 Å². The number of hydrogen-bond acceptors (Lipinski definition) is 3. The summed E-state index contributed by atoms with van der Waals surface area (Å²) in [5.74, 6) is 0. The predicted molar refractivity (Wildman–Crippen MR) is 61.1 cm³/mol. The molecule has 1 aromatic heterocycles. The highest BCUT2D eigenvalue weighted by Crippen LogP contribution is 2.19. The van der Waals surface area contributed by atoms with Crippen LogP contribution in [-0.4, -0.2) is 20.1 Å². The van der Waals surface area contributed by atoms with E-state index in [4.69, 9.17) is 11.6 Å². The zero-order valence-corrected chi connectivity index (χ0v) is 9.59. The second-order valence-corrected chi connectivity index (χ2v) is 4.09. The van der Waals surface area contributed by atoms with Gasteiger partial charge in [-0.15, -0.1) is 5.10 Å². The zero-order valence-electron chi connectivity index (χ0n) is 8.84. The number of halogens is 1. The molecule has 1 aromatic carbocycles. The number of hydrogen-bond donors (Lipinski definition) is 1. The van der Waals surface area contributed by atoms with Crippen LogP contribution in [0.25, 0.3) is 0 Å². The summed E-state index contributed by atoms with van der Waals surface area (Å²) in [4.78, 5) is 0. The third kappa shape index (κ3) is 2.59. The molecule has 4 nitrogen and oxygen atoms in total. The first-order chi connectivity index (χ1) is 7.65. The van der Waals surface area contributed by atoms with Crippen LogP contribution in [-0.2, 0) is 13.5 Å². The van der Waals surface area contributed by atoms with Crippen molar-refractivity contribution in [3.8, 4) is 0 Å². The molecule has 1 unspecified atom stereocenters. The molecule has 0 spiro atoms. The number of aryl methyl sites for hydroxylation is 1. The fourth-order valence-corrected chi connectivity index (χ4v) is 1.62. The summed E-state index contributed by atoms with van der Waals surface area (Å²) in [7, 11) is 1.80. The van der Waals surface area contributed by atoms with Crippen LogP contribution in [0.3, 0.4) is 0 Å². The first-order valence-corrected chi connectivity index (χ1v) is 5.31. The molecule has 1 heterocycles. The third-order valence-electron chi connectivity index (χ3n) is 2.31. The van der Waals surface area contributed by atoms with Gasteiger partial charge < -0.3 is 5.11 Å². The topological polar surface area (TPSA) is 50.9 Å². The summed E-state index contributed by atoms with van der Waals surface area (Å²) in [5, 5.41) is 18.4. The Morgan fingerprint density at radius 1 is 1.38 bits per heavy atom. The van der Waals surface area contributed by atoms with Gasteiger partial charge >= 0.3 is 0 Å². The Kier molecular flexibility index (Phi) is 3.22. The lowest BCUT2D eigenvalue weighted by Gasteiger charge is -2.08. The Bertz CT molecular complexity index is 466. The molecule has 0 bridgehead atoms. The molecule has 0 saturated carbocycles. The van der Waals surface area contributed by atoms with Crippen molar-refractivity contribution in [3.63, 3.8) is 0 Å². The van der Waals surface area contributed by atoms with Crippen LogP contribution in [0.1, 0.15) is 17.4 Å². The molecule has 0 aliphatic heterocycles. The monoisotopic (exact) mass is 237 g/mol. The van der Waals surface area contributed by atoms with Gasteiger partial charge in [0.05, 0.1) is 11.8 Å². The zero-order chi connectivity index (χ0) is 11.5. The molecule has 0 saturated heterocycles. The van der Waals surface area contributed by atoms with Gasteiger partial charge in [0.2, 0.25) is 0 Å². The second-order valence-electron chi connectivity index (χ2n) is 3.66. The molecule has 5 heteroatoms. The fourth-order valence-electron chi connectivity index (χ4n) is 1.49. The quantitative estimate of drug-likeness (QED) is 0.885. The predicted octanol–water partition coefficient (Wildman–Crippen LogP) is 1.74. The van der Waals surface area contributed by atoms with Crippen molar-refractivity contribution in [2.75, 3.05) is 0 Å². The van der Waals surface area contributed by atoms with Crippen LogP contribution in [0.5, 0.6) is 0 Å². The minimum absolute atomic E-state index is 0.454. The number of nitrogens with zero attached hydrogens (tertiary/aromatic N) is 3. The van der Waals surface area contributed by atoms with Crippen molar-refractivity contribution in [1.29, 1.82) is 0 Å². The van der Waals surface area contributed by atoms with Gasteiger partial charge in [-0.2, -0.15) is 0 Å². The Morgan fingerprint density at radius 3 is 2.62 bits per heavy atom. The van der Waals surface area contributed by atoms with E-state index in [1.807, 2.05) is 12.1 Å². The normalized spacial score (nSPS) is 12.7. The molecule has 0 fully saturated rings. The molecular weight excluding hydrogens is 226 g/mol. The molecule has 0 amide bonds. The highest BCUT2D eigenvalue weighted by atomic mass is 35.5. The van der Waals surface area contributed by atoms with Crippen LogP contribution in [0.4, 0.5) is 0 Å². The Labute approximate surface area is 98.5 Å². The summed E-state index contributed by atoms with van der Waals surface area (Å²) >= 11 is 5.77. The lowest BCUT2D eigenvalue weighted by Crippen LogP contribution is -2.01. The number of aliphatic hydroxyl groups is 1. The van der Waals surface area contributed by atoms with Gasteiger partial charge in [0.15, 0.2) is 0 Å². The molecular formula is C11H12ClN3O. The summed E-state index contributed by atoms with van der Waals surface area (Å²) < 4.78 is 1.61. The SMILES string of the molecule is Cn1cc(CC(O)c2ccc(Cl)cc2)nn1. The molecule has 2 aromatic rings. The number of rotatable bonds is 3.